The third kappa shape index (κ3) is 3.20. The molecule has 1 N–H and O–H groups in total. The van der Waals surface area contributed by atoms with Gasteiger partial charge in [-0.05, 0) is 42.6 Å². The Balaban J connectivity index is 1.43. The summed E-state index contributed by atoms with van der Waals surface area (Å²) in [6.07, 6.45) is 3.81. The zero-order valence-electron chi connectivity index (χ0n) is 15.6. The summed E-state index contributed by atoms with van der Waals surface area (Å²) in [7, 11) is 0. The van der Waals surface area contributed by atoms with Crippen molar-refractivity contribution < 1.29 is 9.84 Å². The minimum atomic E-state index is -0.353. The summed E-state index contributed by atoms with van der Waals surface area (Å²) < 4.78 is 6.23. The molecule has 0 unspecified atom stereocenters. The van der Waals surface area contributed by atoms with Crippen molar-refractivity contribution >= 4 is 0 Å². The smallest absolute Gasteiger partial charge is 0.0900 e. The molecule has 3 fully saturated rings. The average Bonchev–Trinajstić information content (AvgIpc) is 2.86. The van der Waals surface area contributed by atoms with Gasteiger partial charge in [0.25, 0.3) is 0 Å². The number of rotatable bonds is 6. The summed E-state index contributed by atoms with van der Waals surface area (Å²) in [4.78, 5) is 4.85. The third-order valence-corrected chi connectivity index (χ3v) is 7.58. The molecule has 0 aromatic rings. The number of aliphatic hydroxyl groups excluding tert-OH is 1. The summed E-state index contributed by atoms with van der Waals surface area (Å²) in [5.74, 6) is 0.803. The van der Waals surface area contributed by atoms with Crippen LogP contribution in [0.15, 0.2) is 0 Å². The molecule has 4 atom stereocenters. The van der Waals surface area contributed by atoms with E-state index in [2.05, 4.69) is 37.5 Å². The molecular weight excluding hydrogens is 288 g/mol. The maximum atomic E-state index is 10.4. The number of hydrogen-bond acceptors (Lipinski definition) is 4. The molecule has 2 aliphatic carbocycles. The van der Waals surface area contributed by atoms with E-state index in [1.165, 1.54) is 19.3 Å². The minimum Gasteiger partial charge on any atom is -0.389 e. The molecule has 23 heavy (non-hydrogen) atoms. The van der Waals surface area contributed by atoms with Gasteiger partial charge < -0.3 is 14.7 Å². The lowest BCUT2D eigenvalue weighted by atomic mass is 9.70. The van der Waals surface area contributed by atoms with Crippen molar-refractivity contribution in [2.24, 2.45) is 16.7 Å². The van der Waals surface area contributed by atoms with Gasteiger partial charge in [-0.25, -0.2) is 0 Å². The Labute approximate surface area is 142 Å². The van der Waals surface area contributed by atoms with Crippen LogP contribution in [-0.2, 0) is 4.74 Å². The van der Waals surface area contributed by atoms with Crippen molar-refractivity contribution in [2.75, 3.05) is 45.9 Å². The summed E-state index contributed by atoms with van der Waals surface area (Å²) in [6, 6.07) is 0. The van der Waals surface area contributed by atoms with Crippen LogP contribution in [0, 0.1) is 16.7 Å². The Morgan fingerprint density at radius 2 is 1.78 bits per heavy atom. The molecule has 4 nitrogen and oxygen atoms in total. The Morgan fingerprint density at radius 3 is 2.30 bits per heavy atom. The molecule has 0 spiro atoms. The maximum absolute atomic E-state index is 10.4. The van der Waals surface area contributed by atoms with Crippen molar-refractivity contribution in [3.8, 4) is 0 Å². The lowest BCUT2D eigenvalue weighted by Crippen LogP contribution is -2.49. The number of likely N-dealkylation sites (N-methyl/N-ethyl adjacent to an activating group) is 1. The zero-order chi connectivity index (χ0) is 16.7. The molecule has 1 saturated heterocycles. The zero-order valence-corrected chi connectivity index (χ0v) is 15.6. The summed E-state index contributed by atoms with van der Waals surface area (Å²) in [6.45, 7) is 16.2. The van der Waals surface area contributed by atoms with E-state index >= 15 is 0 Å². The van der Waals surface area contributed by atoms with Crippen molar-refractivity contribution in [3.05, 3.63) is 0 Å². The van der Waals surface area contributed by atoms with Crippen LogP contribution in [0.1, 0.15) is 47.0 Å². The highest BCUT2D eigenvalue weighted by molar-refractivity contribution is 5.11. The van der Waals surface area contributed by atoms with Gasteiger partial charge >= 0.3 is 0 Å². The normalized spacial score (nSPS) is 39.0. The van der Waals surface area contributed by atoms with E-state index in [9.17, 15) is 5.11 Å². The fraction of sp³-hybridized carbons (Fsp3) is 1.00. The Hall–Kier alpha value is -0.160. The van der Waals surface area contributed by atoms with Crippen molar-refractivity contribution in [2.45, 2.75) is 59.2 Å². The average molecular weight is 325 g/mol. The van der Waals surface area contributed by atoms with Gasteiger partial charge in [-0.15, -0.1) is 0 Å². The topological polar surface area (TPSA) is 35.9 Å². The monoisotopic (exact) mass is 324 g/mol. The molecule has 0 amide bonds. The van der Waals surface area contributed by atoms with Gasteiger partial charge in [0.1, 0.15) is 0 Å². The second-order valence-corrected chi connectivity index (χ2v) is 8.82. The van der Waals surface area contributed by atoms with Crippen LogP contribution in [0.2, 0.25) is 0 Å². The van der Waals surface area contributed by atoms with Crippen LogP contribution < -0.4 is 0 Å². The van der Waals surface area contributed by atoms with Gasteiger partial charge in [0, 0.05) is 32.7 Å². The van der Waals surface area contributed by atoms with Crippen molar-refractivity contribution in [1.82, 2.24) is 9.80 Å². The second-order valence-electron chi connectivity index (χ2n) is 8.82. The van der Waals surface area contributed by atoms with Crippen molar-refractivity contribution in [1.29, 1.82) is 0 Å². The molecule has 0 radical (unpaired) electrons. The number of nitrogens with zero attached hydrogens (tertiary/aromatic N) is 2. The molecule has 0 aromatic heterocycles. The molecule has 2 bridgehead atoms. The highest BCUT2D eigenvalue weighted by atomic mass is 16.5. The van der Waals surface area contributed by atoms with Crippen LogP contribution in [0.4, 0.5) is 0 Å². The van der Waals surface area contributed by atoms with Gasteiger partial charge in [0.2, 0.25) is 0 Å². The fourth-order valence-corrected chi connectivity index (χ4v) is 5.25. The van der Waals surface area contributed by atoms with Gasteiger partial charge in [-0.2, -0.15) is 0 Å². The molecular formula is C19H36N2O2. The number of hydrogen-bond donors (Lipinski definition) is 1. The van der Waals surface area contributed by atoms with E-state index in [1.807, 2.05) is 0 Å². The molecule has 134 valence electrons. The molecule has 3 rings (SSSR count). The van der Waals surface area contributed by atoms with E-state index in [-0.39, 0.29) is 6.10 Å². The molecule has 1 aliphatic heterocycles. The van der Waals surface area contributed by atoms with Crippen LogP contribution in [0.5, 0.6) is 0 Å². The van der Waals surface area contributed by atoms with E-state index in [1.54, 1.807) is 0 Å². The third-order valence-electron chi connectivity index (χ3n) is 7.58. The largest absolute Gasteiger partial charge is 0.389 e. The quantitative estimate of drug-likeness (QED) is 0.813. The first kappa shape index (κ1) is 17.7. The van der Waals surface area contributed by atoms with E-state index in [4.69, 9.17) is 4.74 Å². The first-order valence-corrected chi connectivity index (χ1v) is 9.61. The van der Waals surface area contributed by atoms with E-state index < -0.39 is 0 Å². The number of fused-ring (bicyclic) bond motifs is 2. The standard InChI is InChI=1S/C19H36N2O2/c1-5-20-8-10-21(11-9-20)13-16(22)14-23-17-12-15-6-7-19(17,4)18(15,2)3/h15-17,22H,5-14H2,1-4H3/t15-,16-,17-,19-/m1/s1. The highest BCUT2D eigenvalue weighted by Gasteiger charge is 2.61. The van der Waals surface area contributed by atoms with Crippen LogP contribution in [0.3, 0.4) is 0 Å². The Bertz CT molecular complexity index is 406. The van der Waals surface area contributed by atoms with Gasteiger partial charge in [-0.1, -0.05) is 27.7 Å². The predicted octanol–water partition coefficient (Wildman–Crippen LogP) is 2.22. The van der Waals surface area contributed by atoms with Crippen LogP contribution in [-0.4, -0.2) is 73.0 Å². The first-order valence-electron chi connectivity index (χ1n) is 9.61. The summed E-state index contributed by atoms with van der Waals surface area (Å²) in [5.41, 5.74) is 0.684. The first-order chi connectivity index (χ1) is 10.9. The second kappa shape index (κ2) is 6.62. The maximum Gasteiger partial charge on any atom is 0.0900 e. The number of β-amino-alcohol motifs (C(OH)–C–C–N with tert-alkyl or cyclic N) is 1. The lowest BCUT2D eigenvalue weighted by Gasteiger charge is -2.39. The molecule has 2 saturated carbocycles. The fourth-order valence-electron chi connectivity index (χ4n) is 5.25. The van der Waals surface area contributed by atoms with Gasteiger partial charge in [0.15, 0.2) is 0 Å². The van der Waals surface area contributed by atoms with Crippen molar-refractivity contribution in [3.63, 3.8) is 0 Å². The minimum absolute atomic E-state index is 0.296. The Morgan fingerprint density at radius 1 is 1.13 bits per heavy atom. The Kier molecular flexibility index (Phi) is 5.09. The van der Waals surface area contributed by atoms with Gasteiger partial charge in [0.05, 0.1) is 18.8 Å². The SMILES string of the molecule is CCN1CCN(C[C@@H](O)CO[C@@H]2C[C@H]3CC[C@@]2(C)C3(C)C)CC1. The summed E-state index contributed by atoms with van der Waals surface area (Å²) >= 11 is 0. The van der Waals surface area contributed by atoms with Crippen LogP contribution in [0.25, 0.3) is 0 Å². The predicted molar refractivity (Wildman–Crippen MR) is 93.5 cm³/mol. The summed E-state index contributed by atoms with van der Waals surface area (Å²) in [5, 5.41) is 10.4. The highest BCUT2D eigenvalue weighted by Crippen LogP contribution is 2.66. The number of aliphatic hydroxyl groups is 1. The molecule has 0 aromatic carbocycles. The van der Waals surface area contributed by atoms with Gasteiger partial charge in [-0.3, -0.25) is 4.90 Å². The molecule has 4 heteroatoms. The van der Waals surface area contributed by atoms with E-state index in [0.29, 0.717) is 23.5 Å². The molecule has 1 heterocycles. The molecule has 3 aliphatic rings. The van der Waals surface area contributed by atoms with Crippen LogP contribution >= 0.6 is 0 Å². The number of ether oxygens (including phenoxy) is 1. The number of piperazine rings is 1. The lowest BCUT2D eigenvalue weighted by molar-refractivity contribution is -0.0806. The van der Waals surface area contributed by atoms with E-state index in [0.717, 1.165) is 45.2 Å².